The van der Waals surface area contributed by atoms with Crippen molar-refractivity contribution >= 4 is 11.9 Å². The molecule has 0 aromatic carbocycles. The van der Waals surface area contributed by atoms with Crippen molar-refractivity contribution in [2.75, 3.05) is 13.2 Å². The molecule has 0 radical (unpaired) electrons. The molecule has 0 amide bonds. The molecule has 2 aliphatic heterocycles. The summed E-state index contributed by atoms with van der Waals surface area (Å²) < 4.78 is 9.75. The summed E-state index contributed by atoms with van der Waals surface area (Å²) in [6.07, 6.45) is 3.78. The number of aliphatic carboxylic acids is 2. The number of carboxylic acid groups (broad SMARTS) is 2. The van der Waals surface area contributed by atoms with Crippen molar-refractivity contribution in [1.29, 1.82) is 0 Å². The lowest BCUT2D eigenvalue weighted by Crippen LogP contribution is -2.39. The van der Waals surface area contributed by atoms with E-state index in [0.717, 1.165) is 25.7 Å². The molecule has 0 aromatic heterocycles. The fourth-order valence-corrected chi connectivity index (χ4v) is 1.85. The predicted molar refractivity (Wildman–Crippen MR) is 69.2 cm³/mol. The van der Waals surface area contributed by atoms with E-state index in [2.05, 4.69) is 0 Å². The van der Waals surface area contributed by atoms with E-state index < -0.39 is 24.1 Å². The molecule has 0 spiro atoms. The molecule has 120 valence electrons. The molecule has 2 saturated heterocycles. The van der Waals surface area contributed by atoms with Gasteiger partial charge in [0.1, 0.15) is 0 Å². The van der Waals surface area contributed by atoms with Crippen molar-refractivity contribution in [1.82, 2.24) is 12.3 Å². The molecule has 0 aliphatic carbocycles. The number of carboxylic acids is 2. The summed E-state index contributed by atoms with van der Waals surface area (Å²) in [5, 5.41) is 20.2. The summed E-state index contributed by atoms with van der Waals surface area (Å²) in [6, 6.07) is 0. The Morgan fingerprint density at radius 1 is 0.750 bits per heavy atom. The van der Waals surface area contributed by atoms with Gasteiger partial charge in [0.15, 0.2) is 0 Å². The molecular weight excluding hydrogens is 268 g/mol. The van der Waals surface area contributed by atoms with Crippen molar-refractivity contribution in [2.45, 2.75) is 50.7 Å². The molecule has 8 nitrogen and oxygen atoms in total. The zero-order chi connectivity index (χ0) is 13.4. The van der Waals surface area contributed by atoms with Gasteiger partial charge in [-0.15, -0.1) is 0 Å². The minimum absolute atomic E-state index is 0. The molecule has 2 unspecified atom stereocenters. The first-order valence-corrected chi connectivity index (χ1v) is 6.26. The van der Waals surface area contributed by atoms with Gasteiger partial charge in [0.2, 0.25) is 0 Å². The third-order valence-corrected chi connectivity index (χ3v) is 2.89. The second-order valence-electron chi connectivity index (χ2n) is 4.35. The summed E-state index contributed by atoms with van der Waals surface area (Å²) in [5.74, 6) is -2.15. The van der Waals surface area contributed by atoms with Gasteiger partial charge in [-0.1, -0.05) is 0 Å². The van der Waals surface area contributed by atoms with Crippen molar-refractivity contribution in [2.24, 2.45) is 0 Å². The van der Waals surface area contributed by atoms with Crippen LogP contribution < -0.4 is 22.5 Å². The van der Waals surface area contributed by atoms with E-state index in [1.807, 2.05) is 0 Å². The van der Waals surface area contributed by atoms with Crippen LogP contribution >= 0.6 is 0 Å². The molecule has 20 heavy (non-hydrogen) atoms. The number of quaternary nitrogens is 2. The Kier molecular flexibility index (Phi) is 12.2. The third-order valence-electron chi connectivity index (χ3n) is 2.89. The van der Waals surface area contributed by atoms with Crippen LogP contribution in [0.3, 0.4) is 0 Å². The lowest BCUT2D eigenvalue weighted by Gasteiger charge is -2.22. The maximum absolute atomic E-state index is 10.1. The van der Waals surface area contributed by atoms with Crippen molar-refractivity contribution < 1.29 is 29.3 Å². The number of ether oxygens (including phenoxy) is 2. The van der Waals surface area contributed by atoms with Gasteiger partial charge in [0.25, 0.3) is 0 Å². The Bertz CT molecular complexity index is 247. The maximum Gasteiger partial charge on any atom is 0.0968 e. The van der Waals surface area contributed by atoms with Crippen LogP contribution in [0.5, 0.6) is 0 Å². The lowest BCUT2D eigenvalue weighted by molar-refractivity contribution is -0.319. The minimum atomic E-state index is -1.07. The fourth-order valence-electron chi connectivity index (χ4n) is 1.85. The molecule has 0 bridgehead atoms. The maximum atomic E-state index is 10.1. The van der Waals surface area contributed by atoms with Gasteiger partial charge in [0, 0.05) is 13.2 Å². The molecule has 2 heterocycles. The quantitative estimate of drug-likeness (QED) is 0.685. The predicted octanol–water partition coefficient (Wildman–Crippen LogP) is -0.637. The second kappa shape index (κ2) is 11.6. The zero-order valence-electron chi connectivity index (χ0n) is 12.3. The summed E-state index contributed by atoms with van der Waals surface area (Å²) in [4.78, 5) is 20.2. The highest BCUT2D eigenvalue weighted by atomic mass is 16.5. The Balaban J connectivity index is 0. The van der Waals surface area contributed by atoms with Gasteiger partial charge in [-0.2, -0.15) is 0 Å². The van der Waals surface area contributed by atoms with Crippen molar-refractivity contribution in [3.63, 3.8) is 0 Å². The number of rotatable bonds is 2. The Hall–Kier alpha value is -1.22. The van der Waals surface area contributed by atoms with Gasteiger partial charge in [-0.3, -0.25) is 0 Å². The van der Waals surface area contributed by atoms with Crippen LogP contribution in [-0.4, -0.2) is 37.4 Å². The minimum Gasteiger partial charge on any atom is -0.547 e. The first-order chi connectivity index (χ1) is 8.61. The molecular formula is C12H26N2O6. The molecule has 2 fully saturated rings. The Morgan fingerprint density at radius 3 is 1.25 bits per heavy atom. The Morgan fingerprint density at radius 2 is 1.10 bits per heavy atom. The smallest absolute Gasteiger partial charge is 0.0968 e. The summed E-state index contributed by atoms with van der Waals surface area (Å²) in [7, 11) is 0. The molecule has 0 aromatic rings. The van der Waals surface area contributed by atoms with Gasteiger partial charge in [-0.25, -0.2) is 0 Å². The number of carbonyl (C=O) groups excluding carboxylic acids is 2. The number of hydrogen-bond donors (Lipinski definition) is 2. The lowest BCUT2D eigenvalue weighted by atomic mass is 10.1. The van der Waals surface area contributed by atoms with Gasteiger partial charge in [-0.05, 0) is 38.5 Å². The highest BCUT2D eigenvalue weighted by Gasteiger charge is 2.14. The molecule has 2 atom stereocenters. The molecule has 2 rings (SSSR count). The average molecular weight is 294 g/mol. The van der Waals surface area contributed by atoms with E-state index in [-0.39, 0.29) is 12.3 Å². The number of carbonyl (C=O) groups is 2. The van der Waals surface area contributed by atoms with Crippen LogP contribution in [0.4, 0.5) is 0 Å². The van der Waals surface area contributed by atoms with E-state index >= 15 is 0 Å². The van der Waals surface area contributed by atoms with Crippen LogP contribution in [0.2, 0.25) is 0 Å². The summed E-state index contributed by atoms with van der Waals surface area (Å²) in [5.41, 5.74) is 0. The van der Waals surface area contributed by atoms with Crippen LogP contribution in [-0.2, 0) is 19.1 Å². The van der Waals surface area contributed by atoms with Crippen LogP contribution in [0, 0.1) is 0 Å². The van der Waals surface area contributed by atoms with Crippen molar-refractivity contribution in [3.8, 4) is 0 Å². The van der Waals surface area contributed by atoms with E-state index in [0.29, 0.717) is 26.1 Å². The van der Waals surface area contributed by atoms with E-state index in [1.165, 1.54) is 0 Å². The van der Waals surface area contributed by atoms with E-state index in [1.54, 1.807) is 0 Å². The van der Waals surface area contributed by atoms with Crippen LogP contribution in [0.1, 0.15) is 38.5 Å². The van der Waals surface area contributed by atoms with Gasteiger partial charge >= 0.3 is 0 Å². The van der Waals surface area contributed by atoms with Crippen LogP contribution in [0.15, 0.2) is 0 Å². The number of hydrogen-bond acceptors (Lipinski definition) is 6. The standard InChI is InChI=1S/2C6H10O3.2H3N/c2*7-6(8)5-3-1-2-4-9-5;;/h2*5H,1-4H2,(H,7,8);2*1H3. The fraction of sp³-hybridized carbons (Fsp3) is 0.833. The highest BCUT2D eigenvalue weighted by molar-refractivity contribution is 5.70. The second-order valence-corrected chi connectivity index (χ2v) is 4.35. The first-order valence-electron chi connectivity index (χ1n) is 6.26. The largest absolute Gasteiger partial charge is 0.547 e. The van der Waals surface area contributed by atoms with Crippen molar-refractivity contribution in [3.05, 3.63) is 0 Å². The van der Waals surface area contributed by atoms with E-state index in [9.17, 15) is 19.8 Å². The molecule has 0 saturated carbocycles. The molecule has 8 N–H and O–H groups in total. The summed E-state index contributed by atoms with van der Waals surface area (Å²) >= 11 is 0. The molecule has 8 heteroatoms. The van der Waals surface area contributed by atoms with E-state index in [4.69, 9.17) is 9.47 Å². The average Bonchev–Trinajstić information content (AvgIpc) is 2.41. The monoisotopic (exact) mass is 294 g/mol. The third kappa shape index (κ3) is 8.05. The molecule has 2 aliphatic rings. The van der Waals surface area contributed by atoms with Gasteiger partial charge < -0.3 is 41.6 Å². The SMILES string of the molecule is O=C([O-])C1CCCCO1.O=C([O-])C1CCCCO1.[NH4+].[NH4+]. The zero-order valence-corrected chi connectivity index (χ0v) is 12.3. The topological polar surface area (TPSA) is 172 Å². The van der Waals surface area contributed by atoms with Gasteiger partial charge in [0.05, 0.1) is 24.1 Å². The first kappa shape index (κ1) is 21.1. The Labute approximate surface area is 118 Å². The van der Waals surface area contributed by atoms with Crippen LogP contribution in [0.25, 0.3) is 0 Å². The normalized spacial score (nSPS) is 25.0. The summed E-state index contributed by atoms with van der Waals surface area (Å²) in [6.45, 7) is 1.14. The highest BCUT2D eigenvalue weighted by Crippen LogP contribution is 2.11.